The van der Waals surface area contributed by atoms with Crippen molar-refractivity contribution < 1.29 is 9.30 Å². The van der Waals surface area contributed by atoms with Crippen LogP contribution in [-0.4, -0.2) is 9.13 Å². The number of rotatable bonds is 8. The van der Waals surface area contributed by atoms with Crippen molar-refractivity contribution in [2.75, 3.05) is 0 Å². The molecule has 8 aromatic carbocycles. The molecule has 0 amide bonds. The zero-order valence-corrected chi connectivity index (χ0v) is 35.5. The van der Waals surface area contributed by atoms with Crippen LogP contribution < -0.4 is 9.30 Å². The summed E-state index contributed by atoms with van der Waals surface area (Å²) in [7, 11) is 0. The smallest absolute Gasteiger partial charge is 0.213 e. The SMILES string of the molecule is CCC1(CC)Cc2ccc(Oc3cc(-c4ccc(-n5c6ccccc6c6ccccc65)cc4)cc(-c4ccc(-n5c6ccccc6c6ccccc65)cc4)c3)cc2-c2cccc[n+]21. The lowest BCUT2D eigenvalue weighted by Crippen LogP contribution is -2.60. The Bertz CT molecular complexity index is 3250. The van der Waals surface area contributed by atoms with Crippen LogP contribution in [0.1, 0.15) is 32.3 Å². The number of nitrogens with zero attached hydrogens (tertiary/aromatic N) is 3. The number of hydrogen-bond acceptors (Lipinski definition) is 1. The van der Waals surface area contributed by atoms with Crippen LogP contribution in [0.5, 0.6) is 11.5 Å². The van der Waals surface area contributed by atoms with Crippen LogP contribution in [0.25, 0.3) is 88.5 Å². The average Bonchev–Trinajstić information content (AvgIpc) is 3.87. The number of pyridine rings is 1. The molecule has 1 aliphatic rings. The summed E-state index contributed by atoms with van der Waals surface area (Å²) >= 11 is 0. The van der Waals surface area contributed by atoms with Crippen molar-refractivity contribution in [3.05, 3.63) is 212 Å². The molecule has 0 bridgehead atoms. The molecule has 3 aromatic heterocycles. The number of hydrogen-bond donors (Lipinski definition) is 0. The van der Waals surface area contributed by atoms with Crippen molar-refractivity contribution in [1.82, 2.24) is 9.13 Å². The summed E-state index contributed by atoms with van der Waals surface area (Å²) in [5.41, 5.74) is 15.4. The van der Waals surface area contributed by atoms with E-state index < -0.39 is 0 Å². The first-order chi connectivity index (χ1) is 31.1. The summed E-state index contributed by atoms with van der Waals surface area (Å²) in [5.74, 6) is 1.63. The molecule has 0 saturated carbocycles. The second-order valence-electron chi connectivity index (χ2n) is 17.1. The third-order valence-electron chi connectivity index (χ3n) is 13.8. The van der Waals surface area contributed by atoms with Crippen LogP contribution in [0.3, 0.4) is 0 Å². The van der Waals surface area contributed by atoms with Crippen LogP contribution in [0.15, 0.2) is 206 Å². The summed E-state index contributed by atoms with van der Waals surface area (Å²) in [6.07, 6.45) is 5.43. The highest BCUT2D eigenvalue weighted by Gasteiger charge is 2.43. The fourth-order valence-electron chi connectivity index (χ4n) is 10.5. The molecule has 0 atom stereocenters. The molecule has 0 fully saturated rings. The van der Waals surface area contributed by atoms with Crippen LogP contribution in [-0.2, 0) is 12.0 Å². The summed E-state index contributed by atoms with van der Waals surface area (Å²) in [6.45, 7) is 4.63. The lowest BCUT2D eigenvalue weighted by molar-refractivity contribution is -0.758. The first-order valence-electron chi connectivity index (χ1n) is 22.2. The molecule has 12 rings (SSSR count). The monoisotopic (exact) mass is 812 g/mol. The number of benzene rings is 8. The molecule has 11 aromatic rings. The topological polar surface area (TPSA) is 23.0 Å². The molecule has 302 valence electrons. The van der Waals surface area contributed by atoms with Crippen molar-refractivity contribution in [2.24, 2.45) is 0 Å². The number of fused-ring (bicyclic) bond motifs is 9. The van der Waals surface area contributed by atoms with E-state index in [1.807, 2.05) is 0 Å². The summed E-state index contributed by atoms with van der Waals surface area (Å²) in [4.78, 5) is 0. The van der Waals surface area contributed by atoms with Gasteiger partial charge >= 0.3 is 0 Å². The number of aromatic nitrogens is 3. The Morgan fingerprint density at radius 3 is 1.38 bits per heavy atom. The molecular weight excluding hydrogens is 767 g/mol. The van der Waals surface area contributed by atoms with Gasteiger partial charge in [-0.15, -0.1) is 0 Å². The normalized spacial score (nSPS) is 13.1. The zero-order valence-electron chi connectivity index (χ0n) is 35.5. The third-order valence-corrected chi connectivity index (χ3v) is 13.8. The van der Waals surface area contributed by atoms with Crippen molar-refractivity contribution in [3.8, 4) is 56.4 Å². The van der Waals surface area contributed by atoms with Gasteiger partial charge in [0.2, 0.25) is 5.69 Å². The zero-order chi connectivity index (χ0) is 42.1. The first kappa shape index (κ1) is 37.1. The van der Waals surface area contributed by atoms with Gasteiger partial charge in [0.1, 0.15) is 11.5 Å². The molecule has 0 unspecified atom stereocenters. The molecule has 1 aliphatic heterocycles. The van der Waals surface area contributed by atoms with Crippen LogP contribution >= 0.6 is 0 Å². The average molecular weight is 813 g/mol. The number of ether oxygens (including phenoxy) is 1. The van der Waals surface area contributed by atoms with Gasteiger partial charge in [-0.2, -0.15) is 4.57 Å². The molecule has 4 nitrogen and oxygen atoms in total. The molecule has 0 spiro atoms. The van der Waals surface area contributed by atoms with Gasteiger partial charge in [0.15, 0.2) is 11.7 Å². The van der Waals surface area contributed by atoms with Gasteiger partial charge in [-0.05, 0) is 113 Å². The third kappa shape index (κ3) is 6.01. The van der Waals surface area contributed by atoms with E-state index in [1.165, 1.54) is 60.4 Å². The highest BCUT2D eigenvalue weighted by Crippen LogP contribution is 2.41. The fraction of sp³-hybridized carbons (Fsp3) is 0.102. The Labute approximate surface area is 367 Å². The molecule has 0 saturated heterocycles. The molecule has 4 heterocycles. The van der Waals surface area contributed by atoms with Gasteiger partial charge in [-0.3, -0.25) is 0 Å². The predicted octanol–water partition coefficient (Wildman–Crippen LogP) is 15.0. The molecule has 4 heteroatoms. The Kier molecular flexibility index (Phi) is 8.68. The van der Waals surface area contributed by atoms with Gasteiger partial charge in [0.25, 0.3) is 0 Å². The van der Waals surface area contributed by atoms with E-state index in [4.69, 9.17) is 4.74 Å². The van der Waals surface area contributed by atoms with E-state index in [2.05, 4.69) is 234 Å². The molecule has 0 radical (unpaired) electrons. The van der Waals surface area contributed by atoms with Crippen molar-refractivity contribution >= 4 is 43.6 Å². The van der Waals surface area contributed by atoms with Crippen LogP contribution in [0.2, 0.25) is 0 Å². The Morgan fingerprint density at radius 1 is 0.444 bits per heavy atom. The Morgan fingerprint density at radius 2 is 0.905 bits per heavy atom. The standard InChI is InChI=1S/C59H46N3O/c1-3-59(4-2)39-42-28-33-47(38-53(42)54-19-13-14-34-60(54)59)63-48-36-43(40-24-29-45(30-25-40)61-55-20-9-5-15-49(55)50-16-6-10-21-56(50)61)35-44(37-48)41-26-31-46(32-27-41)62-57-22-11-7-17-51(57)52-18-8-12-23-58(52)62/h5-38H,3-4,39H2,1-2H3/q+1. The van der Waals surface area contributed by atoms with E-state index in [1.54, 1.807) is 0 Å². The fourth-order valence-corrected chi connectivity index (χ4v) is 10.5. The van der Waals surface area contributed by atoms with E-state index in [0.717, 1.165) is 64.4 Å². The maximum Gasteiger partial charge on any atom is 0.213 e. The van der Waals surface area contributed by atoms with Gasteiger partial charge in [-0.25, -0.2) is 0 Å². The molecule has 63 heavy (non-hydrogen) atoms. The van der Waals surface area contributed by atoms with E-state index in [0.29, 0.717) is 0 Å². The maximum absolute atomic E-state index is 6.93. The first-order valence-corrected chi connectivity index (χ1v) is 22.2. The second kappa shape index (κ2) is 14.7. The van der Waals surface area contributed by atoms with E-state index in [-0.39, 0.29) is 5.54 Å². The highest BCUT2D eigenvalue weighted by molar-refractivity contribution is 6.10. The van der Waals surface area contributed by atoms with Crippen molar-refractivity contribution in [3.63, 3.8) is 0 Å². The summed E-state index contributed by atoms with van der Waals surface area (Å²) < 4.78 is 14.2. The second-order valence-corrected chi connectivity index (χ2v) is 17.1. The Balaban J connectivity index is 0.956. The minimum atomic E-state index is 0.0728. The predicted molar refractivity (Wildman–Crippen MR) is 260 cm³/mol. The Hall–Kier alpha value is -7.69. The van der Waals surface area contributed by atoms with Crippen molar-refractivity contribution in [1.29, 1.82) is 0 Å². The summed E-state index contributed by atoms with van der Waals surface area (Å²) in [5, 5.41) is 5.04. The molecular formula is C59H46N3O+. The highest BCUT2D eigenvalue weighted by atomic mass is 16.5. The quantitative estimate of drug-likeness (QED) is 0.140. The lowest BCUT2D eigenvalue weighted by Gasteiger charge is -2.32. The molecule has 0 N–H and O–H groups in total. The van der Waals surface area contributed by atoms with E-state index >= 15 is 0 Å². The van der Waals surface area contributed by atoms with Crippen LogP contribution in [0.4, 0.5) is 0 Å². The van der Waals surface area contributed by atoms with E-state index in [9.17, 15) is 0 Å². The summed E-state index contributed by atoms with van der Waals surface area (Å²) in [6, 6.07) is 72.6. The van der Waals surface area contributed by atoms with Gasteiger partial charge in [0.05, 0.1) is 27.6 Å². The van der Waals surface area contributed by atoms with Gasteiger partial charge in [0, 0.05) is 64.3 Å². The van der Waals surface area contributed by atoms with Gasteiger partial charge in [-0.1, -0.05) is 117 Å². The largest absolute Gasteiger partial charge is 0.457 e. The molecule has 0 aliphatic carbocycles. The number of para-hydroxylation sites is 4. The van der Waals surface area contributed by atoms with Crippen LogP contribution in [0, 0.1) is 0 Å². The minimum Gasteiger partial charge on any atom is -0.457 e. The lowest BCUT2D eigenvalue weighted by atomic mass is 9.79. The van der Waals surface area contributed by atoms with Gasteiger partial charge < -0.3 is 13.9 Å². The maximum atomic E-state index is 6.93. The van der Waals surface area contributed by atoms with Crippen molar-refractivity contribution in [2.45, 2.75) is 38.6 Å². The minimum absolute atomic E-state index is 0.0728.